The van der Waals surface area contributed by atoms with Gasteiger partial charge in [0.1, 0.15) is 5.75 Å². The standard InChI is InChI=1S/C16H12BrClN4O3/c17-11-3-7-13(8-4-11)24-9-14(23)20-21-16-19-15(22-25-16)10-1-5-12(18)6-2-10/h1-8H,9H2,(H,20,23)(H,19,21,22). The Hall–Kier alpha value is -2.58. The highest BCUT2D eigenvalue weighted by atomic mass is 79.9. The molecule has 9 heteroatoms. The maximum Gasteiger partial charge on any atom is 0.340 e. The summed E-state index contributed by atoms with van der Waals surface area (Å²) < 4.78 is 11.3. The summed E-state index contributed by atoms with van der Waals surface area (Å²) in [6.45, 7) is -0.160. The SMILES string of the molecule is O=C(COc1ccc(Br)cc1)NNc1nc(-c2ccc(Cl)cc2)no1. The highest BCUT2D eigenvalue weighted by Crippen LogP contribution is 2.19. The number of hydrazine groups is 1. The van der Waals surface area contributed by atoms with E-state index in [0.29, 0.717) is 16.6 Å². The molecule has 2 N–H and O–H groups in total. The highest BCUT2D eigenvalue weighted by molar-refractivity contribution is 9.10. The molecule has 2 aromatic carbocycles. The lowest BCUT2D eigenvalue weighted by Gasteiger charge is -2.06. The first-order valence-electron chi connectivity index (χ1n) is 7.13. The van der Waals surface area contributed by atoms with Crippen molar-refractivity contribution in [1.29, 1.82) is 0 Å². The fourth-order valence-electron chi connectivity index (χ4n) is 1.83. The molecule has 0 radical (unpaired) electrons. The molecule has 0 unspecified atom stereocenters. The highest BCUT2D eigenvalue weighted by Gasteiger charge is 2.09. The summed E-state index contributed by atoms with van der Waals surface area (Å²) in [6.07, 6.45) is 0. The summed E-state index contributed by atoms with van der Waals surface area (Å²) in [5, 5.41) is 4.43. The number of anilines is 1. The van der Waals surface area contributed by atoms with E-state index in [1.807, 2.05) is 12.1 Å². The van der Waals surface area contributed by atoms with E-state index in [9.17, 15) is 4.79 Å². The molecule has 0 saturated carbocycles. The van der Waals surface area contributed by atoms with Gasteiger partial charge in [-0.25, -0.2) is 5.43 Å². The molecule has 25 heavy (non-hydrogen) atoms. The van der Waals surface area contributed by atoms with E-state index in [-0.39, 0.29) is 12.6 Å². The first kappa shape index (κ1) is 17.2. The van der Waals surface area contributed by atoms with Crippen molar-refractivity contribution in [2.24, 2.45) is 0 Å². The van der Waals surface area contributed by atoms with Gasteiger partial charge in [-0.15, -0.1) is 0 Å². The molecule has 0 aliphatic carbocycles. The molecule has 1 aromatic heterocycles. The molecule has 0 aliphatic heterocycles. The van der Waals surface area contributed by atoms with Gasteiger partial charge in [0.05, 0.1) is 0 Å². The molecular weight excluding hydrogens is 412 g/mol. The van der Waals surface area contributed by atoms with Crippen molar-refractivity contribution in [2.75, 3.05) is 12.0 Å². The fourth-order valence-corrected chi connectivity index (χ4v) is 2.22. The smallest absolute Gasteiger partial charge is 0.340 e. The number of aromatic nitrogens is 2. The van der Waals surface area contributed by atoms with Crippen molar-refractivity contribution >= 4 is 39.5 Å². The summed E-state index contributed by atoms with van der Waals surface area (Å²) in [6, 6.07) is 14.2. The van der Waals surface area contributed by atoms with Crippen LogP contribution in [0, 0.1) is 0 Å². The van der Waals surface area contributed by atoms with Crippen molar-refractivity contribution in [3.63, 3.8) is 0 Å². The van der Waals surface area contributed by atoms with Crippen LogP contribution < -0.4 is 15.6 Å². The number of benzene rings is 2. The summed E-state index contributed by atoms with van der Waals surface area (Å²) >= 11 is 9.16. The van der Waals surface area contributed by atoms with E-state index in [4.69, 9.17) is 20.9 Å². The molecule has 3 aromatic rings. The van der Waals surface area contributed by atoms with E-state index >= 15 is 0 Å². The van der Waals surface area contributed by atoms with Gasteiger partial charge >= 0.3 is 6.01 Å². The number of halogens is 2. The van der Waals surface area contributed by atoms with Gasteiger partial charge in [0, 0.05) is 15.1 Å². The van der Waals surface area contributed by atoms with Crippen LogP contribution in [0.15, 0.2) is 57.5 Å². The molecule has 1 heterocycles. The van der Waals surface area contributed by atoms with E-state index in [2.05, 4.69) is 36.9 Å². The first-order chi connectivity index (χ1) is 12.1. The monoisotopic (exact) mass is 422 g/mol. The molecule has 128 valence electrons. The van der Waals surface area contributed by atoms with Crippen LogP contribution in [0.3, 0.4) is 0 Å². The molecule has 0 aliphatic rings. The number of carbonyl (C=O) groups excluding carboxylic acids is 1. The van der Waals surface area contributed by atoms with Crippen LogP contribution in [0.1, 0.15) is 0 Å². The zero-order valence-electron chi connectivity index (χ0n) is 12.7. The third kappa shape index (κ3) is 4.94. The minimum atomic E-state index is -0.394. The number of hydrogen-bond donors (Lipinski definition) is 2. The van der Waals surface area contributed by atoms with Crippen LogP contribution in [0.5, 0.6) is 5.75 Å². The predicted octanol–water partition coefficient (Wildman–Crippen LogP) is 3.67. The average molecular weight is 424 g/mol. The molecule has 0 saturated heterocycles. The van der Waals surface area contributed by atoms with Gasteiger partial charge in [-0.1, -0.05) is 32.7 Å². The third-order valence-corrected chi connectivity index (χ3v) is 3.80. The van der Waals surface area contributed by atoms with Crippen molar-refractivity contribution in [1.82, 2.24) is 15.6 Å². The second kappa shape index (κ2) is 8.00. The Bertz CT molecular complexity index is 853. The van der Waals surface area contributed by atoms with Gasteiger partial charge in [-0.3, -0.25) is 10.2 Å². The van der Waals surface area contributed by atoms with Crippen LogP contribution in [0.2, 0.25) is 5.02 Å². The van der Waals surface area contributed by atoms with Crippen molar-refractivity contribution < 1.29 is 14.1 Å². The quantitative estimate of drug-likeness (QED) is 0.588. The summed E-state index contributed by atoms with van der Waals surface area (Å²) in [5.41, 5.74) is 5.69. The Kier molecular flexibility index (Phi) is 5.52. The first-order valence-corrected chi connectivity index (χ1v) is 8.30. The number of hydrogen-bond acceptors (Lipinski definition) is 6. The number of nitrogens with one attached hydrogen (secondary N) is 2. The molecule has 7 nitrogen and oxygen atoms in total. The maximum atomic E-state index is 11.8. The molecule has 1 amide bonds. The van der Waals surface area contributed by atoms with Crippen molar-refractivity contribution in [2.45, 2.75) is 0 Å². The molecule has 0 spiro atoms. The predicted molar refractivity (Wildman–Crippen MR) is 96.1 cm³/mol. The number of nitrogens with zero attached hydrogens (tertiary/aromatic N) is 2. The van der Waals surface area contributed by atoms with Gasteiger partial charge in [0.15, 0.2) is 6.61 Å². The van der Waals surface area contributed by atoms with Gasteiger partial charge in [-0.05, 0) is 48.5 Å². The van der Waals surface area contributed by atoms with Gasteiger partial charge < -0.3 is 9.26 Å². The number of rotatable bonds is 6. The summed E-state index contributed by atoms with van der Waals surface area (Å²) in [4.78, 5) is 15.9. The van der Waals surface area contributed by atoms with Gasteiger partial charge in [0.2, 0.25) is 5.82 Å². The Morgan fingerprint density at radius 1 is 1.16 bits per heavy atom. The van der Waals surface area contributed by atoms with Crippen LogP contribution in [-0.4, -0.2) is 22.7 Å². The molecule has 0 bridgehead atoms. The van der Waals surface area contributed by atoms with E-state index in [0.717, 1.165) is 10.0 Å². The van der Waals surface area contributed by atoms with E-state index < -0.39 is 5.91 Å². The van der Waals surface area contributed by atoms with Crippen molar-refractivity contribution in [3.8, 4) is 17.1 Å². The van der Waals surface area contributed by atoms with E-state index in [1.165, 1.54) is 0 Å². The molecule has 0 atom stereocenters. The normalized spacial score (nSPS) is 10.3. The summed E-state index contributed by atoms with van der Waals surface area (Å²) in [5.74, 6) is 0.565. The average Bonchev–Trinajstić information content (AvgIpc) is 3.09. The van der Waals surface area contributed by atoms with Crippen LogP contribution in [0.4, 0.5) is 6.01 Å². The fraction of sp³-hybridized carbons (Fsp3) is 0.0625. The lowest BCUT2D eigenvalue weighted by Crippen LogP contribution is -2.33. The van der Waals surface area contributed by atoms with Crippen LogP contribution in [0.25, 0.3) is 11.4 Å². The zero-order valence-corrected chi connectivity index (χ0v) is 15.0. The molecule has 0 fully saturated rings. The Morgan fingerprint density at radius 2 is 1.88 bits per heavy atom. The molecular formula is C16H12BrClN4O3. The van der Waals surface area contributed by atoms with E-state index in [1.54, 1.807) is 36.4 Å². The molecule has 3 rings (SSSR count). The summed E-state index contributed by atoms with van der Waals surface area (Å²) in [7, 11) is 0. The Morgan fingerprint density at radius 3 is 2.60 bits per heavy atom. The number of carbonyl (C=O) groups is 1. The zero-order chi connectivity index (χ0) is 17.6. The van der Waals surface area contributed by atoms with Gasteiger partial charge in [0.25, 0.3) is 5.91 Å². The van der Waals surface area contributed by atoms with Crippen LogP contribution in [-0.2, 0) is 4.79 Å². The van der Waals surface area contributed by atoms with Crippen LogP contribution >= 0.6 is 27.5 Å². The Balaban J connectivity index is 1.49. The lowest BCUT2D eigenvalue weighted by molar-refractivity contribution is -0.122. The number of ether oxygens (including phenoxy) is 1. The number of amides is 1. The second-order valence-corrected chi connectivity index (χ2v) is 6.20. The lowest BCUT2D eigenvalue weighted by atomic mass is 10.2. The largest absolute Gasteiger partial charge is 0.484 e. The van der Waals surface area contributed by atoms with Gasteiger partial charge in [-0.2, -0.15) is 4.98 Å². The minimum Gasteiger partial charge on any atom is -0.484 e. The maximum absolute atomic E-state index is 11.8. The minimum absolute atomic E-state index is 0.0574. The van der Waals surface area contributed by atoms with Crippen molar-refractivity contribution in [3.05, 3.63) is 58.0 Å². The Labute approximate surface area is 156 Å². The second-order valence-electron chi connectivity index (χ2n) is 4.85. The third-order valence-electron chi connectivity index (χ3n) is 3.02. The topological polar surface area (TPSA) is 89.3 Å².